The van der Waals surface area contributed by atoms with Gasteiger partial charge in [-0.2, -0.15) is 0 Å². The molecule has 0 spiro atoms. The predicted molar refractivity (Wildman–Crippen MR) is 163 cm³/mol. The van der Waals surface area contributed by atoms with Gasteiger partial charge in [0.1, 0.15) is 0 Å². The second-order valence-electron chi connectivity index (χ2n) is 9.73. The number of nitrogens with zero attached hydrogens (tertiary/aromatic N) is 1. The number of benzene rings is 2. The molecule has 0 bridgehead atoms. The third-order valence-electron chi connectivity index (χ3n) is 7.13. The van der Waals surface area contributed by atoms with Gasteiger partial charge in [-0.25, -0.2) is 0 Å². The van der Waals surface area contributed by atoms with E-state index >= 15 is 0 Å². The summed E-state index contributed by atoms with van der Waals surface area (Å²) in [5.41, 5.74) is 13.1. The minimum absolute atomic E-state index is 0. The third kappa shape index (κ3) is 6.92. The minimum Gasteiger partial charge on any atom is -0.384 e. The topological polar surface area (TPSA) is 95.8 Å². The molecule has 9 heteroatoms. The number of rotatable bonds is 10. The van der Waals surface area contributed by atoms with E-state index in [0.717, 1.165) is 71.0 Å². The molecule has 6 nitrogen and oxygen atoms in total. The van der Waals surface area contributed by atoms with Crippen LogP contribution in [0.1, 0.15) is 48.9 Å². The van der Waals surface area contributed by atoms with Crippen molar-refractivity contribution in [1.82, 2.24) is 15.3 Å². The van der Waals surface area contributed by atoms with E-state index in [2.05, 4.69) is 27.8 Å². The van der Waals surface area contributed by atoms with E-state index in [1.54, 1.807) is 0 Å². The van der Waals surface area contributed by atoms with Gasteiger partial charge in [-0.1, -0.05) is 29.8 Å². The molecule has 5 rings (SSSR count). The average molecular weight is 577 g/mol. The van der Waals surface area contributed by atoms with E-state index in [0.29, 0.717) is 13.0 Å². The number of anilines is 1. The second kappa shape index (κ2) is 14.0. The summed E-state index contributed by atoms with van der Waals surface area (Å²) in [6.07, 6.45) is 9.98. The Morgan fingerprint density at radius 1 is 1.03 bits per heavy atom. The van der Waals surface area contributed by atoms with Crippen LogP contribution in [-0.4, -0.2) is 35.0 Å². The standard InChI is InChI=1S/C29H34ClN5O.2ClH/c30-20-12-13-23-27(17-20)35-26-11-5-3-9-22(26)28(23)32-14-6-1-7-15-33-29(36)24(31)16-19-18-34-25-10-4-2-8-21(19)25;;/h2,4,8,10,12-13,17-18,24,34H,1,3,5-7,9,11,14-16,31H2,(H,32,35)(H,33,36);2*1H/t24-;;/m0../s1. The van der Waals surface area contributed by atoms with Crippen LogP contribution in [0.2, 0.25) is 5.02 Å². The van der Waals surface area contributed by atoms with Crippen LogP contribution in [0.3, 0.4) is 0 Å². The summed E-state index contributed by atoms with van der Waals surface area (Å²) in [4.78, 5) is 20.6. The largest absolute Gasteiger partial charge is 0.384 e. The number of aromatic amines is 1. The first-order valence-corrected chi connectivity index (χ1v) is 13.4. The SMILES string of the molecule is Cl.Cl.N[C@@H](Cc1c[nH]c2ccccc12)C(=O)NCCCCCNc1c2c(nc3cc(Cl)ccc13)CCCC2. The molecule has 1 amide bonds. The lowest BCUT2D eigenvalue weighted by atomic mass is 9.92. The smallest absolute Gasteiger partial charge is 0.237 e. The van der Waals surface area contributed by atoms with Crippen molar-refractivity contribution in [3.8, 4) is 0 Å². The molecule has 5 N–H and O–H groups in total. The van der Waals surface area contributed by atoms with Gasteiger partial charge in [0.2, 0.25) is 5.91 Å². The lowest BCUT2D eigenvalue weighted by Crippen LogP contribution is -2.42. The summed E-state index contributed by atoms with van der Waals surface area (Å²) in [5.74, 6) is -0.0908. The van der Waals surface area contributed by atoms with E-state index in [9.17, 15) is 4.79 Å². The maximum absolute atomic E-state index is 12.5. The van der Waals surface area contributed by atoms with Crippen LogP contribution >= 0.6 is 36.4 Å². The van der Waals surface area contributed by atoms with E-state index in [1.807, 2.05) is 36.5 Å². The molecular formula is C29H36Cl3N5O. The maximum atomic E-state index is 12.5. The number of H-pyrrole nitrogens is 1. The number of carbonyl (C=O) groups excluding carboxylic acids is 1. The number of halogens is 3. The first kappa shape index (κ1) is 30.0. The number of pyridine rings is 1. The van der Waals surface area contributed by atoms with Crippen molar-refractivity contribution < 1.29 is 4.79 Å². The number of aromatic nitrogens is 2. The number of nitrogens with two attached hydrogens (primary N) is 1. The summed E-state index contributed by atoms with van der Waals surface area (Å²) in [6.45, 7) is 1.54. The highest BCUT2D eigenvalue weighted by molar-refractivity contribution is 6.31. The number of carbonyl (C=O) groups is 1. The summed E-state index contributed by atoms with van der Waals surface area (Å²) in [6, 6.07) is 13.5. The summed E-state index contributed by atoms with van der Waals surface area (Å²) < 4.78 is 0. The second-order valence-corrected chi connectivity index (χ2v) is 10.2. The number of unbranched alkanes of at least 4 members (excludes halogenated alkanes) is 2. The normalized spacial score (nSPS) is 13.3. The fourth-order valence-corrected chi connectivity index (χ4v) is 5.38. The van der Waals surface area contributed by atoms with E-state index in [-0.39, 0.29) is 30.7 Å². The molecule has 2 heterocycles. The molecule has 204 valence electrons. The van der Waals surface area contributed by atoms with Crippen LogP contribution in [0.5, 0.6) is 0 Å². The Bertz CT molecular complexity index is 1370. The first-order valence-electron chi connectivity index (χ1n) is 13.0. The van der Waals surface area contributed by atoms with Crippen LogP contribution in [0.15, 0.2) is 48.7 Å². The number of aryl methyl sites for hydroxylation is 1. The van der Waals surface area contributed by atoms with Crippen molar-refractivity contribution in [2.75, 3.05) is 18.4 Å². The molecule has 4 aromatic rings. The molecule has 0 radical (unpaired) electrons. The number of fused-ring (bicyclic) bond motifs is 3. The molecule has 38 heavy (non-hydrogen) atoms. The zero-order chi connectivity index (χ0) is 24.9. The van der Waals surface area contributed by atoms with Crippen molar-refractivity contribution in [1.29, 1.82) is 0 Å². The third-order valence-corrected chi connectivity index (χ3v) is 7.37. The Hall–Kier alpha value is -2.51. The highest BCUT2D eigenvalue weighted by Crippen LogP contribution is 2.34. The first-order chi connectivity index (χ1) is 17.6. The molecule has 0 unspecified atom stereocenters. The number of para-hydroxylation sites is 1. The van der Waals surface area contributed by atoms with Crippen molar-refractivity contribution in [2.45, 2.75) is 57.4 Å². The molecule has 2 aromatic heterocycles. The average Bonchev–Trinajstić information content (AvgIpc) is 3.30. The molecule has 0 aliphatic heterocycles. The van der Waals surface area contributed by atoms with Gasteiger partial charge in [-0.05, 0) is 86.8 Å². The number of hydrogen-bond donors (Lipinski definition) is 4. The zero-order valence-electron chi connectivity index (χ0n) is 21.4. The Morgan fingerprint density at radius 2 is 1.82 bits per heavy atom. The van der Waals surface area contributed by atoms with Gasteiger partial charge in [0.05, 0.1) is 11.6 Å². The van der Waals surface area contributed by atoms with Crippen LogP contribution in [0, 0.1) is 0 Å². The van der Waals surface area contributed by atoms with Crippen LogP contribution in [0.25, 0.3) is 21.8 Å². The maximum Gasteiger partial charge on any atom is 0.237 e. The lowest BCUT2D eigenvalue weighted by molar-refractivity contribution is -0.122. The molecule has 1 aliphatic carbocycles. The fourth-order valence-electron chi connectivity index (χ4n) is 5.21. The molecule has 0 saturated carbocycles. The fraction of sp³-hybridized carbons (Fsp3) is 0.379. The van der Waals surface area contributed by atoms with E-state index in [1.165, 1.54) is 29.8 Å². The molecule has 1 atom stereocenters. The highest BCUT2D eigenvalue weighted by Gasteiger charge is 2.18. The quantitative estimate of drug-likeness (QED) is 0.165. The van der Waals surface area contributed by atoms with Gasteiger partial charge in [-0.3, -0.25) is 9.78 Å². The summed E-state index contributed by atoms with van der Waals surface area (Å²) in [7, 11) is 0. The van der Waals surface area contributed by atoms with Crippen molar-refractivity contribution in [2.24, 2.45) is 5.73 Å². The van der Waals surface area contributed by atoms with Gasteiger partial charge in [-0.15, -0.1) is 24.8 Å². The number of hydrogen-bond acceptors (Lipinski definition) is 4. The monoisotopic (exact) mass is 575 g/mol. The summed E-state index contributed by atoms with van der Waals surface area (Å²) >= 11 is 6.23. The molecule has 2 aromatic carbocycles. The zero-order valence-corrected chi connectivity index (χ0v) is 23.8. The molecule has 0 fully saturated rings. The summed E-state index contributed by atoms with van der Waals surface area (Å²) in [5, 5.41) is 9.70. The van der Waals surface area contributed by atoms with Gasteiger partial charge in [0.15, 0.2) is 0 Å². The number of amides is 1. The van der Waals surface area contributed by atoms with E-state index in [4.69, 9.17) is 22.3 Å². The van der Waals surface area contributed by atoms with Crippen molar-refractivity contribution in [3.05, 3.63) is 70.5 Å². The van der Waals surface area contributed by atoms with Crippen molar-refractivity contribution >= 4 is 69.8 Å². The van der Waals surface area contributed by atoms with Crippen LogP contribution < -0.4 is 16.4 Å². The number of nitrogens with one attached hydrogen (secondary N) is 3. The van der Waals surface area contributed by atoms with Gasteiger partial charge in [0.25, 0.3) is 0 Å². The Morgan fingerprint density at radius 3 is 2.68 bits per heavy atom. The van der Waals surface area contributed by atoms with Crippen molar-refractivity contribution in [3.63, 3.8) is 0 Å². The van der Waals surface area contributed by atoms with Gasteiger partial charge in [0, 0.05) is 52.0 Å². The Kier molecular flexibility index (Phi) is 11.1. The molecule has 1 aliphatic rings. The van der Waals surface area contributed by atoms with Crippen LogP contribution in [-0.2, 0) is 24.1 Å². The van der Waals surface area contributed by atoms with E-state index < -0.39 is 6.04 Å². The molecule has 0 saturated heterocycles. The highest BCUT2D eigenvalue weighted by atomic mass is 35.5. The van der Waals surface area contributed by atoms with Gasteiger partial charge < -0.3 is 21.4 Å². The van der Waals surface area contributed by atoms with Crippen LogP contribution in [0.4, 0.5) is 5.69 Å². The predicted octanol–water partition coefficient (Wildman–Crippen LogP) is 6.36. The lowest BCUT2D eigenvalue weighted by Gasteiger charge is -2.22. The Labute approximate surface area is 241 Å². The molecular weight excluding hydrogens is 541 g/mol. The minimum atomic E-state index is -0.550. The Balaban J connectivity index is 0.00000200. The van der Waals surface area contributed by atoms with Gasteiger partial charge >= 0.3 is 0 Å².